The highest BCUT2D eigenvalue weighted by atomic mass is 32.2. The van der Waals surface area contributed by atoms with E-state index in [0.29, 0.717) is 31.9 Å². The molecule has 1 amide bonds. The van der Waals surface area contributed by atoms with Crippen molar-refractivity contribution in [2.24, 2.45) is 7.05 Å². The number of carbonyl (C=O) groups is 1. The average Bonchev–Trinajstić information content (AvgIpc) is 3.24. The summed E-state index contributed by atoms with van der Waals surface area (Å²) in [5.74, 6) is -0.404. The van der Waals surface area contributed by atoms with E-state index in [1.165, 1.54) is 12.4 Å². The van der Waals surface area contributed by atoms with Crippen LogP contribution in [0.5, 0.6) is 5.75 Å². The first-order valence-corrected chi connectivity index (χ1v) is 11.9. The zero-order chi connectivity index (χ0) is 25.2. The van der Waals surface area contributed by atoms with Crippen LogP contribution in [0.15, 0.2) is 59.9 Å². The van der Waals surface area contributed by atoms with Gasteiger partial charge in [-0.1, -0.05) is 0 Å². The second-order valence-corrected chi connectivity index (χ2v) is 9.32. The maximum atomic E-state index is 12.8. The molecule has 2 aromatic heterocycles. The number of rotatable bonds is 6. The fourth-order valence-electron chi connectivity index (χ4n) is 3.61. The van der Waals surface area contributed by atoms with Crippen LogP contribution in [0.1, 0.15) is 10.5 Å². The molecule has 1 aromatic carbocycles. The van der Waals surface area contributed by atoms with E-state index < -0.39 is 22.1 Å². The summed E-state index contributed by atoms with van der Waals surface area (Å²) >= 11 is 0. The molecular weight excluding hydrogens is 489 g/mol. The standard InChI is InChI=1S/C21H21F3N6O4S/c1-28-10-2-3-17(28)20(31)30-13-11-29(12-14-30)19-18(25-8-9-26-19)27-35(32,33)16-6-4-15(5-7-16)34-21(22,23)24/h2-10H,11-14H2,1H3,(H,25,27). The number of nitrogens with zero attached hydrogens (tertiary/aromatic N) is 5. The number of anilines is 2. The summed E-state index contributed by atoms with van der Waals surface area (Å²) in [5.41, 5.74) is 0.568. The Morgan fingerprint density at radius 1 is 1.03 bits per heavy atom. The van der Waals surface area contributed by atoms with Crippen molar-refractivity contribution in [2.75, 3.05) is 35.8 Å². The third-order valence-electron chi connectivity index (χ3n) is 5.31. The number of benzene rings is 1. The number of piperazine rings is 1. The molecule has 10 nitrogen and oxygen atoms in total. The molecular formula is C21H21F3N6O4S. The number of ether oxygens (including phenoxy) is 1. The highest BCUT2D eigenvalue weighted by Crippen LogP contribution is 2.27. The molecule has 3 heterocycles. The van der Waals surface area contributed by atoms with Crippen LogP contribution >= 0.6 is 0 Å². The summed E-state index contributed by atoms with van der Waals surface area (Å²) in [7, 11) is -2.39. The van der Waals surface area contributed by atoms with E-state index in [2.05, 4.69) is 19.4 Å². The van der Waals surface area contributed by atoms with Crippen molar-refractivity contribution < 1.29 is 31.1 Å². The molecule has 3 aromatic rings. The van der Waals surface area contributed by atoms with Gasteiger partial charge in [0.15, 0.2) is 11.6 Å². The van der Waals surface area contributed by atoms with Gasteiger partial charge in [0.05, 0.1) is 4.90 Å². The minimum absolute atomic E-state index is 0.0367. The van der Waals surface area contributed by atoms with Crippen LogP contribution in [-0.2, 0) is 17.1 Å². The molecule has 35 heavy (non-hydrogen) atoms. The molecule has 0 spiro atoms. The highest BCUT2D eigenvalue weighted by molar-refractivity contribution is 7.92. The van der Waals surface area contributed by atoms with Crippen LogP contribution < -0.4 is 14.4 Å². The molecule has 1 aliphatic heterocycles. The molecule has 1 fully saturated rings. The maximum absolute atomic E-state index is 12.8. The van der Waals surface area contributed by atoms with Crippen molar-refractivity contribution in [3.8, 4) is 5.75 Å². The maximum Gasteiger partial charge on any atom is 0.573 e. The third-order valence-corrected chi connectivity index (χ3v) is 6.66. The minimum Gasteiger partial charge on any atom is -0.406 e. The molecule has 14 heteroatoms. The first-order chi connectivity index (χ1) is 16.5. The van der Waals surface area contributed by atoms with Gasteiger partial charge in [0, 0.05) is 51.8 Å². The van der Waals surface area contributed by atoms with Crippen molar-refractivity contribution in [1.29, 1.82) is 0 Å². The lowest BCUT2D eigenvalue weighted by Crippen LogP contribution is -2.49. The lowest BCUT2D eigenvalue weighted by molar-refractivity contribution is -0.274. The lowest BCUT2D eigenvalue weighted by atomic mass is 10.2. The van der Waals surface area contributed by atoms with Gasteiger partial charge >= 0.3 is 6.36 Å². The van der Waals surface area contributed by atoms with Crippen molar-refractivity contribution in [3.05, 3.63) is 60.7 Å². The molecule has 0 atom stereocenters. The topological polar surface area (TPSA) is 110 Å². The van der Waals surface area contributed by atoms with E-state index in [1.54, 1.807) is 39.7 Å². The minimum atomic E-state index is -4.89. The number of alkyl halides is 3. The Morgan fingerprint density at radius 3 is 2.29 bits per heavy atom. The first-order valence-electron chi connectivity index (χ1n) is 10.4. The van der Waals surface area contributed by atoms with Crippen LogP contribution in [-0.4, -0.2) is 66.3 Å². The monoisotopic (exact) mass is 510 g/mol. The van der Waals surface area contributed by atoms with Crippen LogP contribution in [0.4, 0.5) is 24.8 Å². The number of aromatic nitrogens is 3. The highest BCUT2D eigenvalue weighted by Gasteiger charge is 2.31. The first kappa shape index (κ1) is 24.3. The van der Waals surface area contributed by atoms with Crippen LogP contribution in [0.3, 0.4) is 0 Å². The SMILES string of the molecule is Cn1cccc1C(=O)N1CCN(c2nccnc2NS(=O)(=O)c2ccc(OC(F)(F)F)cc2)CC1. The van der Waals surface area contributed by atoms with Crippen molar-refractivity contribution >= 4 is 27.6 Å². The predicted molar refractivity (Wildman–Crippen MR) is 119 cm³/mol. The fraction of sp³-hybridized carbons (Fsp3) is 0.286. The van der Waals surface area contributed by atoms with E-state index in [9.17, 15) is 26.4 Å². The Kier molecular flexibility index (Phi) is 6.56. The van der Waals surface area contributed by atoms with Gasteiger partial charge in [-0.05, 0) is 36.4 Å². The van der Waals surface area contributed by atoms with Crippen LogP contribution in [0.25, 0.3) is 0 Å². The van der Waals surface area contributed by atoms with E-state index in [0.717, 1.165) is 24.3 Å². The molecule has 1 aliphatic rings. The van der Waals surface area contributed by atoms with Gasteiger partial charge in [-0.2, -0.15) is 0 Å². The Bertz CT molecular complexity index is 1300. The number of hydrogen-bond acceptors (Lipinski definition) is 7. The molecule has 0 unspecified atom stereocenters. The summed E-state index contributed by atoms with van der Waals surface area (Å²) in [6, 6.07) is 7.33. The number of carbonyl (C=O) groups excluding carboxylic acids is 1. The molecule has 1 N–H and O–H groups in total. The molecule has 0 bridgehead atoms. The second-order valence-electron chi connectivity index (χ2n) is 7.64. The number of amides is 1. The zero-order valence-corrected chi connectivity index (χ0v) is 19.3. The summed E-state index contributed by atoms with van der Waals surface area (Å²) in [4.78, 5) is 24.3. The van der Waals surface area contributed by atoms with Crippen LogP contribution in [0.2, 0.25) is 0 Å². The summed E-state index contributed by atoms with van der Waals surface area (Å²) in [6.45, 7) is 1.58. The molecule has 4 rings (SSSR count). The average molecular weight is 510 g/mol. The number of aryl methyl sites for hydroxylation is 1. The van der Waals surface area contributed by atoms with Gasteiger partial charge in [-0.25, -0.2) is 18.4 Å². The van der Waals surface area contributed by atoms with Gasteiger partial charge in [0.1, 0.15) is 11.4 Å². The van der Waals surface area contributed by atoms with Gasteiger partial charge < -0.3 is 19.1 Å². The normalized spacial score (nSPS) is 14.6. The molecule has 0 radical (unpaired) electrons. The van der Waals surface area contributed by atoms with E-state index in [-0.39, 0.29) is 22.4 Å². The number of sulfonamides is 1. The number of halogens is 3. The summed E-state index contributed by atoms with van der Waals surface area (Å²) in [5, 5.41) is 0. The van der Waals surface area contributed by atoms with E-state index in [1.807, 2.05) is 0 Å². The van der Waals surface area contributed by atoms with Gasteiger partial charge in [-0.3, -0.25) is 9.52 Å². The van der Waals surface area contributed by atoms with E-state index in [4.69, 9.17) is 0 Å². The van der Waals surface area contributed by atoms with Crippen molar-refractivity contribution in [2.45, 2.75) is 11.3 Å². The molecule has 0 aliphatic carbocycles. The van der Waals surface area contributed by atoms with Gasteiger partial charge in [0.2, 0.25) is 0 Å². The smallest absolute Gasteiger partial charge is 0.406 e. The Labute approximate surface area is 199 Å². The fourth-order valence-corrected chi connectivity index (χ4v) is 4.62. The van der Waals surface area contributed by atoms with Crippen molar-refractivity contribution in [1.82, 2.24) is 19.4 Å². The number of nitrogens with one attached hydrogen (secondary N) is 1. The third kappa shape index (κ3) is 5.65. The quantitative estimate of drug-likeness (QED) is 0.543. The largest absolute Gasteiger partial charge is 0.573 e. The summed E-state index contributed by atoms with van der Waals surface area (Å²) in [6.07, 6.45) is -0.365. The molecule has 0 saturated carbocycles. The predicted octanol–water partition coefficient (Wildman–Crippen LogP) is 2.48. The van der Waals surface area contributed by atoms with Crippen molar-refractivity contribution in [3.63, 3.8) is 0 Å². The Hall–Kier alpha value is -3.81. The number of hydrogen-bond donors (Lipinski definition) is 1. The lowest BCUT2D eigenvalue weighted by Gasteiger charge is -2.35. The van der Waals surface area contributed by atoms with Crippen LogP contribution in [0, 0.1) is 0 Å². The summed E-state index contributed by atoms with van der Waals surface area (Å²) < 4.78 is 70.5. The Morgan fingerprint density at radius 2 is 1.69 bits per heavy atom. The molecule has 186 valence electrons. The molecule has 1 saturated heterocycles. The van der Waals surface area contributed by atoms with E-state index >= 15 is 0 Å². The second kappa shape index (κ2) is 9.44. The Balaban J connectivity index is 1.46. The van der Waals surface area contributed by atoms with Gasteiger partial charge in [-0.15, -0.1) is 13.2 Å². The van der Waals surface area contributed by atoms with Gasteiger partial charge in [0.25, 0.3) is 15.9 Å². The zero-order valence-electron chi connectivity index (χ0n) is 18.4.